The van der Waals surface area contributed by atoms with Crippen molar-refractivity contribution in [3.8, 4) is 10.6 Å². The zero-order chi connectivity index (χ0) is 19.6. The van der Waals surface area contributed by atoms with E-state index < -0.39 is 10.0 Å². The van der Waals surface area contributed by atoms with Crippen molar-refractivity contribution >= 4 is 44.3 Å². The minimum Gasteiger partial charge on any atom is -0.326 e. The second-order valence-corrected chi connectivity index (χ2v) is 10.1. The van der Waals surface area contributed by atoms with Gasteiger partial charge in [0, 0.05) is 35.1 Å². The predicted octanol–water partition coefficient (Wildman–Crippen LogP) is 3.84. The van der Waals surface area contributed by atoms with E-state index in [0.29, 0.717) is 18.8 Å². The second kappa shape index (κ2) is 8.12. The quantitative estimate of drug-likeness (QED) is 0.641. The van der Waals surface area contributed by atoms with Crippen LogP contribution in [0.2, 0.25) is 0 Å². The lowest BCUT2D eigenvalue weighted by atomic mass is 10.3. The molecule has 3 aromatic rings. The summed E-state index contributed by atoms with van der Waals surface area (Å²) in [6.45, 7) is 1.14. The first-order valence-corrected chi connectivity index (χ1v) is 12.2. The Morgan fingerprint density at radius 2 is 1.86 bits per heavy atom. The molecule has 0 saturated carbocycles. The lowest BCUT2D eigenvalue weighted by Gasteiger charge is -2.15. The molecule has 1 aliphatic heterocycles. The van der Waals surface area contributed by atoms with Crippen molar-refractivity contribution in [2.45, 2.75) is 24.2 Å². The van der Waals surface area contributed by atoms with Gasteiger partial charge in [-0.1, -0.05) is 0 Å². The van der Waals surface area contributed by atoms with Crippen LogP contribution in [0, 0.1) is 0 Å². The van der Waals surface area contributed by atoms with E-state index in [1.165, 1.54) is 15.6 Å². The lowest BCUT2D eigenvalue weighted by molar-refractivity contribution is -0.115. The number of carbonyl (C=O) groups excluding carboxylic acids is 1. The minimum atomic E-state index is -3.44. The molecule has 146 valence electrons. The molecule has 0 unspecified atom stereocenters. The van der Waals surface area contributed by atoms with Gasteiger partial charge in [-0.25, -0.2) is 13.4 Å². The Morgan fingerprint density at radius 1 is 1.11 bits per heavy atom. The minimum absolute atomic E-state index is 0.175. The summed E-state index contributed by atoms with van der Waals surface area (Å²) in [4.78, 5) is 17.1. The van der Waals surface area contributed by atoms with Crippen LogP contribution in [0.4, 0.5) is 5.69 Å². The molecule has 1 amide bonds. The number of aromatic nitrogens is 1. The summed E-state index contributed by atoms with van der Waals surface area (Å²) in [6, 6.07) is 8.34. The van der Waals surface area contributed by atoms with E-state index >= 15 is 0 Å². The largest absolute Gasteiger partial charge is 0.326 e. The Bertz CT molecular complexity index is 1050. The van der Waals surface area contributed by atoms with Gasteiger partial charge in [-0.05, 0) is 48.6 Å². The molecule has 0 bridgehead atoms. The molecule has 1 saturated heterocycles. The zero-order valence-electron chi connectivity index (χ0n) is 15.0. The normalized spacial score (nSPS) is 15.0. The number of thiophene rings is 1. The van der Waals surface area contributed by atoms with Crippen molar-refractivity contribution < 1.29 is 13.2 Å². The van der Waals surface area contributed by atoms with Gasteiger partial charge in [0.15, 0.2) is 0 Å². The zero-order valence-corrected chi connectivity index (χ0v) is 17.4. The average Bonchev–Trinajstić information content (AvgIpc) is 3.44. The number of sulfonamides is 1. The number of amides is 1. The second-order valence-electron chi connectivity index (χ2n) is 6.52. The highest BCUT2D eigenvalue weighted by molar-refractivity contribution is 7.89. The molecular formula is C19H19N3O3S3. The smallest absolute Gasteiger partial charge is 0.243 e. The van der Waals surface area contributed by atoms with Crippen LogP contribution >= 0.6 is 22.7 Å². The number of anilines is 1. The Kier molecular flexibility index (Phi) is 5.58. The number of carbonyl (C=O) groups is 1. The van der Waals surface area contributed by atoms with Crippen molar-refractivity contribution in [3.05, 3.63) is 52.2 Å². The van der Waals surface area contributed by atoms with Crippen LogP contribution in [0.5, 0.6) is 0 Å². The van der Waals surface area contributed by atoms with Crippen molar-refractivity contribution in [2.75, 3.05) is 18.4 Å². The molecule has 9 heteroatoms. The van der Waals surface area contributed by atoms with Crippen molar-refractivity contribution in [3.63, 3.8) is 0 Å². The summed E-state index contributed by atoms with van der Waals surface area (Å²) in [6.07, 6.45) is 1.98. The molecule has 0 radical (unpaired) electrons. The molecule has 0 aliphatic carbocycles. The monoisotopic (exact) mass is 433 g/mol. The number of nitrogens with zero attached hydrogens (tertiary/aromatic N) is 2. The van der Waals surface area contributed by atoms with Crippen molar-refractivity contribution in [1.82, 2.24) is 9.29 Å². The average molecular weight is 434 g/mol. The van der Waals surface area contributed by atoms with E-state index in [-0.39, 0.29) is 17.2 Å². The maximum atomic E-state index is 12.5. The molecule has 6 nitrogen and oxygen atoms in total. The van der Waals surface area contributed by atoms with E-state index in [1.54, 1.807) is 35.6 Å². The topological polar surface area (TPSA) is 79.4 Å². The number of hydrogen-bond acceptors (Lipinski definition) is 6. The molecule has 2 aromatic heterocycles. The van der Waals surface area contributed by atoms with E-state index in [0.717, 1.165) is 29.1 Å². The predicted molar refractivity (Wildman–Crippen MR) is 112 cm³/mol. The van der Waals surface area contributed by atoms with E-state index in [2.05, 4.69) is 10.3 Å². The fourth-order valence-electron chi connectivity index (χ4n) is 3.06. The summed E-state index contributed by atoms with van der Waals surface area (Å²) in [7, 11) is -3.44. The molecule has 4 rings (SSSR count). The molecule has 1 aromatic carbocycles. The first-order valence-electron chi connectivity index (χ1n) is 8.89. The maximum absolute atomic E-state index is 12.5. The Labute approximate surface area is 171 Å². The van der Waals surface area contributed by atoms with Crippen molar-refractivity contribution in [1.29, 1.82) is 0 Å². The third-order valence-corrected chi connectivity index (χ3v) is 8.04. The van der Waals surface area contributed by atoms with Gasteiger partial charge in [-0.15, -0.1) is 11.3 Å². The standard InChI is InChI=1S/C19H19N3O3S3/c23-18(11-16-13-27-19(21-16)14-7-10-26-12-14)20-15-3-5-17(6-4-15)28(24,25)22-8-1-2-9-22/h3-7,10,12-13H,1-2,8-9,11H2,(H,20,23). The summed E-state index contributed by atoms with van der Waals surface area (Å²) >= 11 is 3.13. The van der Waals surface area contributed by atoms with Crippen LogP contribution in [0.25, 0.3) is 10.6 Å². The third-order valence-electron chi connectivity index (χ3n) is 4.50. The molecule has 1 N–H and O–H groups in total. The Balaban J connectivity index is 1.38. The molecule has 28 heavy (non-hydrogen) atoms. The van der Waals surface area contributed by atoms with Crippen LogP contribution in [0.1, 0.15) is 18.5 Å². The number of hydrogen-bond donors (Lipinski definition) is 1. The van der Waals surface area contributed by atoms with Gasteiger partial charge in [0.2, 0.25) is 15.9 Å². The molecule has 1 fully saturated rings. The number of benzene rings is 1. The van der Waals surface area contributed by atoms with E-state index in [1.807, 2.05) is 22.2 Å². The van der Waals surface area contributed by atoms with Gasteiger partial charge >= 0.3 is 0 Å². The Hall–Kier alpha value is -2.07. The third kappa shape index (κ3) is 4.17. The highest BCUT2D eigenvalue weighted by atomic mass is 32.2. The van der Waals surface area contributed by atoms with Gasteiger partial charge in [0.25, 0.3) is 0 Å². The van der Waals surface area contributed by atoms with Crippen molar-refractivity contribution in [2.24, 2.45) is 0 Å². The fourth-order valence-corrected chi connectivity index (χ4v) is 6.11. The summed E-state index contributed by atoms with van der Waals surface area (Å²) < 4.78 is 26.6. The summed E-state index contributed by atoms with van der Waals surface area (Å²) in [5, 5.41) is 9.62. The van der Waals surface area contributed by atoms with Gasteiger partial charge in [0.05, 0.1) is 17.0 Å². The van der Waals surface area contributed by atoms with Gasteiger partial charge in [-0.2, -0.15) is 15.6 Å². The molecule has 1 aliphatic rings. The molecule has 3 heterocycles. The lowest BCUT2D eigenvalue weighted by Crippen LogP contribution is -2.27. The maximum Gasteiger partial charge on any atom is 0.243 e. The van der Waals surface area contributed by atoms with Crippen LogP contribution < -0.4 is 5.32 Å². The fraction of sp³-hybridized carbons (Fsp3) is 0.263. The highest BCUT2D eigenvalue weighted by Gasteiger charge is 2.26. The number of thiazole rings is 1. The number of rotatable bonds is 6. The highest BCUT2D eigenvalue weighted by Crippen LogP contribution is 2.26. The molecule has 0 spiro atoms. The molecular weight excluding hydrogens is 414 g/mol. The van der Waals surface area contributed by atoms with Crippen LogP contribution in [0.3, 0.4) is 0 Å². The SMILES string of the molecule is O=C(Cc1csc(-c2ccsc2)n1)Nc1ccc(S(=O)(=O)N2CCCC2)cc1. The van der Waals surface area contributed by atoms with E-state index in [9.17, 15) is 13.2 Å². The molecule has 0 atom stereocenters. The summed E-state index contributed by atoms with van der Waals surface area (Å²) in [5.74, 6) is -0.183. The van der Waals surface area contributed by atoms with Crippen LogP contribution in [-0.4, -0.2) is 36.7 Å². The van der Waals surface area contributed by atoms with E-state index in [4.69, 9.17) is 0 Å². The van der Waals surface area contributed by atoms with Gasteiger partial charge < -0.3 is 5.32 Å². The first-order chi connectivity index (χ1) is 13.5. The van der Waals surface area contributed by atoms with Crippen LogP contribution in [-0.2, 0) is 21.2 Å². The van der Waals surface area contributed by atoms with Gasteiger partial charge in [-0.3, -0.25) is 4.79 Å². The first kappa shape index (κ1) is 19.3. The van der Waals surface area contributed by atoms with Gasteiger partial charge in [0.1, 0.15) is 5.01 Å². The number of nitrogens with one attached hydrogen (secondary N) is 1. The summed E-state index contributed by atoms with van der Waals surface area (Å²) in [5.41, 5.74) is 2.35. The van der Waals surface area contributed by atoms with Crippen LogP contribution in [0.15, 0.2) is 51.4 Å². The Morgan fingerprint density at radius 3 is 2.54 bits per heavy atom.